The first kappa shape index (κ1) is 15.8. The lowest BCUT2D eigenvalue weighted by atomic mass is 9.71. The molecule has 1 aromatic rings. The average Bonchev–Trinajstić information content (AvgIpc) is 2.43. The van der Waals surface area contributed by atoms with Crippen molar-refractivity contribution in [3.05, 3.63) is 29.3 Å². The van der Waals surface area contributed by atoms with E-state index in [1.54, 1.807) is 12.1 Å². The third-order valence-electron chi connectivity index (χ3n) is 4.62. The van der Waals surface area contributed by atoms with Crippen molar-refractivity contribution in [1.29, 1.82) is 0 Å². The van der Waals surface area contributed by atoms with Gasteiger partial charge in [-0.25, -0.2) is 0 Å². The summed E-state index contributed by atoms with van der Waals surface area (Å²) in [5.41, 5.74) is 7.28. The van der Waals surface area contributed by atoms with Crippen LogP contribution < -0.4 is 11.1 Å². The molecule has 116 valence electrons. The first-order valence-electron chi connectivity index (χ1n) is 7.58. The monoisotopic (exact) mass is 290 g/mol. The lowest BCUT2D eigenvalue weighted by molar-refractivity contribution is -0.0233. The topological polar surface area (TPSA) is 75.4 Å². The summed E-state index contributed by atoms with van der Waals surface area (Å²) >= 11 is 0. The van der Waals surface area contributed by atoms with Gasteiger partial charge in [-0.05, 0) is 55.7 Å². The number of rotatable bonds is 3. The summed E-state index contributed by atoms with van der Waals surface area (Å²) in [5.74, 6) is -0.168. The fourth-order valence-corrected chi connectivity index (χ4v) is 2.79. The third kappa shape index (κ3) is 3.97. The Morgan fingerprint density at radius 1 is 1.29 bits per heavy atom. The number of aryl methyl sites for hydroxylation is 1. The molecular weight excluding hydrogens is 264 g/mol. The predicted octanol–water partition coefficient (Wildman–Crippen LogP) is 2.64. The van der Waals surface area contributed by atoms with E-state index in [0.29, 0.717) is 23.2 Å². The highest BCUT2D eigenvalue weighted by Gasteiger charge is 2.36. The number of nitrogens with two attached hydrogens (primary N) is 1. The Balaban J connectivity index is 1.97. The van der Waals surface area contributed by atoms with E-state index in [0.717, 1.165) is 31.2 Å². The molecule has 0 atom stereocenters. The molecule has 1 aromatic carbocycles. The first-order valence-corrected chi connectivity index (χ1v) is 7.58. The molecular formula is C17H26N2O2. The van der Waals surface area contributed by atoms with Gasteiger partial charge >= 0.3 is 0 Å². The van der Waals surface area contributed by atoms with E-state index in [9.17, 15) is 9.90 Å². The van der Waals surface area contributed by atoms with Crippen LogP contribution in [0.3, 0.4) is 0 Å². The summed E-state index contributed by atoms with van der Waals surface area (Å²) in [7, 11) is 0. The van der Waals surface area contributed by atoms with Crippen molar-refractivity contribution >= 4 is 11.6 Å². The molecule has 1 aliphatic rings. The molecule has 0 unspecified atom stereocenters. The number of nitrogen functional groups attached to an aromatic ring is 1. The number of carbonyl (C=O) groups excluding carboxylic acids is 1. The van der Waals surface area contributed by atoms with Gasteiger partial charge in [-0.3, -0.25) is 4.79 Å². The maximum atomic E-state index is 12.3. The van der Waals surface area contributed by atoms with Crippen molar-refractivity contribution in [2.75, 3.05) is 12.3 Å². The van der Waals surface area contributed by atoms with E-state index in [1.165, 1.54) is 0 Å². The Hall–Kier alpha value is -1.55. The van der Waals surface area contributed by atoms with Gasteiger partial charge in [0.25, 0.3) is 5.91 Å². The van der Waals surface area contributed by atoms with Gasteiger partial charge < -0.3 is 16.2 Å². The molecule has 0 bridgehead atoms. The average molecular weight is 290 g/mol. The van der Waals surface area contributed by atoms with Crippen LogP contribution in [0, 0.1) is 12.3 Å². The zero-order valence-electron chi connectivity index (χ0n) is 13.2. The number of hydrogen-bond acceptors (Lipinski definition) is 3. The summed E-state index contributed by atoms with van der Waals surface area (Å²) in [6, 6.07) is 5.30. The number of aliphatic hydroxyl groups is 1. The number of anilines is 1. The van der Waals surface area contributed by atoms with Gasteiger partial charge in [-0.2, -0.15) is 0 Å². The second-order valence-electron chi connectivity index (χ2n) is 7.15. The number of hydrogen-bond donors (Lipinski definition) is 3. The molecule has 4 heteroatoms. The zero-order valence-corrected chi connectivity index (χ0v) is 13.2. The van der Waals surface area contributed by atoms with Crippen LogP contribution in [-0.2, 0) is 0 Å². The van der Waals surface area contributed by atoms with Crippen LogP contribution in [0.4, 0.5) is 5.69 Å². The van der Waals surface area contributed by atoms with Crippen molar-refractivity contribution in [2.45, 2.75) is 52.1 Å². The maximum Gasteiger partial charge on any atom is 0.251 e. The molecule has 4 N–H and O–H groups in total. The van der Waals surface area contributed by atoms with Crippen LogP contribution in [0.5, 0.6) is 0 Å². The van der Waals surface area contributed by atoms with E-state index >= 15 is 0 Å². The van der Waals surface area contributed by atoms with E-state index in [4.69, 9.17) is 5.73 Å². The number of benzene rings is 1. The molecule has 0 aliphatic heterocycles. The largest absolute Gasteiger partial charge is 0.399 e. The van der Waals surface area contributed by atoms with Gasteiger partial charge in [0.2, 0.25) is 0 Å². The summed E-state index contributed by atoms with van der Waals surface area (Å²) in [6.07, 6.45) is 3.43. The minimum Gasteiger partial charge on any atom is -0.399 e. The fraction of sp³-hybridized carbons (Fsp3) is 0.588. The molecule has 0 saturated heterocycles. The molecule has 1 aliphatic carbocycles. The van der Waals surface area contributed by atoms with Crippen molar-refractivity contribution in [2.24, 2.45) is 5.41 Å². The lowest BCUT2D eigenvalue weighted by Gasteiger charge is -2.40. The highest BCUT2D eigenvalue weighted by atomic mass is 16.3. The molecule has 2 rings (SSSR count). The van der Waals surface area contributed by atoms with E-state index in [2.05, 4.69) is 19.2 Å². The van der Waals surface area contributed by atoms with Crippen LogP contribution in [0.25, 0.3) is 0 Å². The Kier molecular flexibility index (Phi) is 4.28. The Morgan fingerprint density at radius 3 is 2.52 bits per heavy atom. The third-order valence-corrected chi connectivity index (χ3v) is 4.62. The van der Waals surface area contributed by atoms with Gasteiger partial charge in [-0.15, -0.1) is 0 Å². The molecule has 0 radical (unpaired) electrons. The molecule has 1 saturated carbocycles. The minimum atomic E-state index is -0.778. The molecule has 0 spiro atoms. The van der Waals surface area contributed by atoms with E-state index in [-0.39, 0.29) is 5.91 Å². The van der Waals surface area contributed by atoms with Gasteiger partial charge in [0, 0.05) is 17.8 Å². The predicted molar refractivity (Wildman–Crippen MR) is 85.1 cm³/mol. The number of carbonyl (C=O) groups is 1. The lowest BCUT2D eigenvalue weighted by Crippen LogP contribution is -2.46. The van der Waals surface area contributed by atoms with E-state index in [1.807, 2.05) is 13.0 Å². The normalized spacial score (nSPS) is 20.0. The molecule has 0 aromatic heterocycles. The van der Waals surface area contributed by atoms with Crippen LogP contribution in [0.15, 0.2) is 18.2 Å². The number of amides is 1. The van der Waals surface area contributed by atoms with Crippen LogP contribution in [0.2, 0.25) is 0 Å². The fourth-order valence-electron chi connectivity index (χ4n) is 2.79. The Morgan fingerprint density at radius 2 is 1.90 bits per heavy atom. The van der Waals surface area contributed by atoms with Crippen molar-refractivity contribution in [3.63, 3.8) is 0 Å². The van der Waals surface area contributed by atoms with Gasteiger partial charge in [0.1, 0.15) is 0 Å². The second kappa shape index (κ2) is 5.68. The molecule has 4 nitrogen and oxygen atoms in total. The van der Waals surface area contributed by atoms with Gasteiger partial charge in [-0.1, -0.05) is 19.9 Å². The van der Waals surface area contributed by atoms with Crippen molar-refractivity contribution in [1.82, 2.24) is 5.32 Å². The van der Waals surface area contributed by atoms with Crippen LogP contribution in [0.1, 0.15) is 55.5 Å². The summed E-state index contributed by atoms with van der Waals surface area (Å²) < 4.78 is 0. The highest BCUT2D eigenvalue weighted by Crippen LogP contribution is 2.39. The standard InChI is InChI=1S/C17H26N2O2/c1-12-4-5-13(18)10-14(12)15(20)19-11-17(21)8-6-16(2,3)7-9-17/h4-5,10,21H,6-9,11,18H2,1-3H3,(H,19,20). The molecule has 1 amide bonds. The van der Waals surface area contributed by atoms with Crippen LogP contribution >= 0.6 is 0 Å². The Bertz CT molecular complexity index is 528. The summed E-state index contributed by atoms with van der Waals surface area (Å²) in [6.45, 7) is 6.63. The Labute approximate surface area is 126 Å². The van der Waals surface area contributed by atoms with Crippen molar-refractivity contribution < 1.29 is 9.90 Å². The van der Waals surface area contributed by atoms with Crippen LogP contribution in [-0.4, -0.2) is 23.2 Å². The SMILES string of the molecule is Cc1ccc(N)cc1C(=O)NCC1(O)CCC(C)(C)CC1. The number of nitrogens with one attached hydrogen (secondary N) is 1. The minimum absolute atomic E-state index is 0.168. The van der Waals surface area contributed by atoms with E-state index < -0.39 is 5.60 Å². The maximum absolute atomic E-state index is 12.3. The molecule has 0 heterocycles. The highest BCUT2D eigenvalue weighted by molar-refractivity contribution is 5.96. The summed E-state index contributed by atoms with van der Waals surface area (Å²) in [4.78, 5) is 12.3. The molecule has 21 heavy (non-hydrogen) atoms. The second-order valence-corrected chi connectivity index (χ2v) is 7.15. The smallest absolute Gasteiger partial charge is 0.251 e. The van der Waals surface area contributed by atoms with Crippen molar-refractivity contribution in [3.8, 4) is 0 Å². The first-order chi connectivity index (χ1) is 9.71. The van der Waals surface area contributed by atoms with Gasteiger partial charge in [0.05, 0.1) is 5.60 Å². The zero-order chi connectivity index (χ0) is 15.7. The van der Waals surface area contributed by atoms with Gasteiger partial charge in [0.15, 0.2) is 0 Å². The molecule has 1 fully saturated rings. The summed E-state index contributed by atoms with van der Waals surface area (Å²) in [5, 5.41) is 13.4. The quantitative estimate of drug-likeness (QED) is 0.749.